The van der Waals surface area contributed by atoms with Crippen molar-refractivity contribution in [2.75, 3.05) is 31.6 Å². The summed E-state index contributed by atoms with van der Waals surface area (Å²) in [5.74, 6) is 0.640. The van der Waals surface area contributed by atoms with Crippen LogP contribution in [-0.2, 0) is 17.6 Å². The van der Waals surface area contributed by atoms with Gasteiger partial charge in [0.25, 0.3) is 0 Å². The number of anilines is 1. The molecule has 0 unspecified atom stereocenters. The molecule has 3 rings (SSSR count). The van der Waals surface area contributed by atoms with Gasteiger partial charge in [0.15, 0.2) is 5.96 Å². The minimum Gasteiger partial charge on any atom is -0.356 e. The standard InChI is InChI=1S/C22H27FN4O/c1-24-22(26-14-11-17-6-4-8-19(23)16-17)25-13-5-10-21(28)27-15-12-18-7-2-3-9-20(18)27/h2-4,6-9,16H,5,10-15H2,1H3,(H2,24,25,26). The van der Waals surface area contributed by atoms with E-state index < -0.39 is 0 Å². The van der Waals surface area contributed by atoms with E-state index in [1.54, 1.807) is 19.2 Å². The first-order valence-electron chi connectivity index (χ1n) is 9.74. The van der Waals surface area contributed by atoms with Crippen molar-refractivity contribution in [1.82, 2.24) is 10.6 Å². The number of nitrogens with zero attached hydrogens (tertiary/aromatic N) is 2. The average Bonchev–Trinajstić information content (AvgIpc) is 3.14. The van der Waals surface area contributed by atoms with E-state index in [1.807, 2.05) is 29.2 Å². The van der Waals surface area contributed by atoms with Crippen molar-refractivity contribution < 1.29 is 9.18 Å². The van der Waals surface area contributed by atoms with E-state index in [-0.39, 0.29) is 11.7 Å². The number of benzene rings is 2. The maximum Gasteiger partial charge on any atom is 0.227 e. The zero-order valence-electron chi connectivity index (χ0n) is 16.2. The van der Waals surface area contributed by atoms with Gasteiger partial charge in [0, 0.05) is 38.8 Å². The van der Waals surface area contributed by atoms with Crippen LogP contribution >= 0.6 is 0 Å². The molecule has 2 aromatic carbocycles. The number of rotatable bonds is 7. The molecule has 2 aromatic rings. The zero-order chi connectivity index (χ0) is 19.8. The molecular weight excluding hydrogens is 355 g/mol. The maximum atomic E-state index is 13.2. The van der Waals surface area contributed by atoms with Gasteiger partial charge in [0.1, 0.15) is 5.82 Å². The molecule has 6 heteroatoms. The molecule has 1 aliphatic rings. The molecule has 5 nitrogen and oxygen atoms in total. The van der Waals surface area contributed by atoms with Gasteiger partial charge >= 0.3 is 0 Å². The number of amides is 1. The third-order valence-corrected chi connectivity index (χ3v) is 4.87. The molecule has 1 heterocycles. The van der Waals surface area contributed by atoms with E-state index in [9.17, 15) is 9.18 Å². The molecule has 0 aromatic heterocycles. The van der Waals surface area contributed by atoms with Crippen LogP contribution in [0.25, 0.3) is 0 Å². The summed E-state index contributed by atoms with van der Waals surface area (Å²) in [6, 6.07) is 14.7. The number of nitrogens with one attached hydrogen (secondary N) is 2. The normalized spacial score (nSPS) is 13.4. The van der Waals surface area contributed by atoms with E-state index in [0.29, 0.717) is 31.9 Å². The minimum atomic E-state index is -0.217. The molecular formula is C22H27FN4O. The highest BCUT2D eigenvalue weighted by Crippen LogP contribution is 2.27. The lowest BCUT2D eigenvalue weighted by molar-refractivity contribution is -0.118. The van der Waals surface area contributed by atoms with Gasteiger partial charge in [-0.2, -0.15) is 0 Å². The largest absolute Gasteiger partial charge is 0.356 e. The third kappa shape index (κ3) is 5.31. The molecule has 148 valence electrons. The summed E-state index contributed by atoms with van der Waals surface area (Å²) in [5.41, 5.74) is 3.24. The van der Waals surface area contributed by atoms with E-state index in [2.05, 4.69) is 21.7 Å². The number of carbonyl (C=O) groups excluding carboxylic acids is 1. The van der Waals surface area contributed by atoms with Crippen LogP contribution in [0.5, 0.6) is 0 Å². The van der Waals surface area contributed by atoms with Gasteiger partial charge in [-0.1, -0.05) is 30.3 Å². The summed E-state index contributed by atoms with van der Waals surface area (Å²) in [6.07, 6.45) is 2.89. The first-order valence-corrected chi connectivity index (χ1v) is 9.74. The van der Waals surface area contributed by atoms with Crippen LogP contribution in [0.3, 0.4) is 0 Å². The van der Waals surface area contributed by atoms with Crippen molar-refractivity contribution >= 4 is 17.6 Å². The molecule has 0 atom stereocenters. The molecule has 2 N–H and O–H groups in total. The number of hydrogen-bond acceptors (Lipinski definition) is 2. The summed E-state index contributed by atoms with van der Waals surface area (Å²) < 4.78 is 13.2. The van der Waals surface area contributed by atoms with E-state index in [1.165, 1.54) is 11.6 Å². The number of carbonyl (C=O) groups is 1. The fourth-order valence-corrected chi connectivity index (χ4v) is 3.42. The Balaban J connectivity index is 1.35. The van der Waals surface area contributed by atoms with Crippen molar-refractivity contribution in [3.8, 4) is 0 Å². The number of halogens is 1. The topological polar surface area (TPSA) is 56.7 Å². The van der Waals surface area contributed by atoms with E-state index >= 15 is 0 Å². The van der Waals surface area contributed by atoms with Crippen LogP contribution in [0.4, 0.5) is 10.1 Å². The summed E-state index contributed by atoms with van der Waals surface area (Å²) in [6.45, 7) is 2.10. The van der Waals surface area contributed by atoms with Crippen molar-refractivity contribution in [1.29, 1.82) is 0 Å². The fourth-order valence-electron chi connectivity index (χ4n) is 3.42. The number of aliphatic imine (C=N–C) groups is 1. The molecule has 0 spiro atoms. The summed E-state index contributed by atoms with van der Waals surface area (Å²) in [4.78, 5) is 18.6. The predicted molar refractivity (Wildman–Crippen MR) is 111 cm³/mol. The van der Waals surface area contributed by atoms with Gasteiger partial charge in [0.05, 0.1) is 0 Å². The second-order valence-corrected chi connectivity index (χ2v) is 6.83. The van der Waals surface area contributed by atoms with E-state index in [4.69, 9.17) is 0 Å². The lowest BCUT2D eigenvalue weighted by Gasteiger charge is -2.17. The zero-order valence-corrected chi connectivity index (χ0v) is 16.2. The van der Waals surface area contributed by atoms with Gasteiger partial charge < -0.3 is 15.5 Å². The summed E-state index contributed by atoms with van der Waals surface area (Å²) >= 11 is 0. The van der Waals surface area contributed by atoms with Gasteiger partial charge in [-0.25, -0.2) is 4.39 Å². The summed E-state index contributed by atoms with van der Waals surface area (Å²) in [5, 5.41) is 6.44. The van der Waals surface area contributed by atoms with Crippen LogP contribution in [0.1, 0.15) is 24.0 Å². The van der Waals surface area contributed by atoms with Crippen molar-refractivity contribution in [3.05, 3.63) is 65.5 Å². The Morgan fingerprint density at radius 3 is 2.79 bits per heavy atom. The van der Waals surface area contributed by atoms with Crippen LogP contribution < -0.4 is 15.5 Å². The molecule has 28 heavy (non-hydrogen) atoms. The molecule has 1 aliphatic heterocycles. The Hall–Kier alpha value is -2.89. The highest BCUT2D eigenvalue weighted by atomic mass is 19.1. The number of para-hydroxylation sites is 1. The monoisotopic (exact) mass is 382 g/mol. The van der Waals surface area contributed by atoms with Crippen molar-refractivity contribution in [2.24, 2.45) is 4.99 Å². The molecule has 1 amide bonds. The molecule has 0 radical (unpaired) electrons. The number of guanidine groups is 1. The van der Waals surface area contributed by atoms with E-state index in [0.717, 1.165) is 30.6 Å². The fraction of sp³-hybridized carbons (Fsp3) is 0.364. The highest BCUT2D eigenvalue weighted by Gasteiger charge is 2.23. The first kappa shape index (κ1) is 19.9. The predicted octanol–water partition coefficient (Wildman–Crippen LogP) is 2.90. The average molecular weight is 382 g/mol. The molecule has 0 aliphatic carbocycles. The Morgan fingerprint density at radius 1 is 1.14 bits per heavy atom. The van der Waals surface area contributed by atoms with Crippen LogP contribution in [-0.4, -0.2) is 38.5 Å². The van der Waals surface area contributed by atoms with Crippen LogP contribution in [0.2, 0.25) is 0 Å². The van der Waals surface area contributed by atoms with Gasteiger partial charge in [-0.15, -0.1) is 0 Å². The van der Waals surface area contributed by atoms with Crippen molar-refractivity contribution in [2.45, 2.75) is 25.7 Å². The molecule has 0 fully saturated rings. The molecule has 0 saturated carbocycles. The van der Waals surface area contributed by atoms with Gasteiger partial charge in [-0.3, -0.25) is 9.79 Å². The number of fused-ring (bicyclic) bond motifs is 1. The van der Waals surface area contributed by atoms with Gasteiger partial charge in [-0.05, 0) is 48.6 Å². The van der Waals surface area contributed by atoms with Crippen LogP contribution in [0, 0.1) is 5.82 Å². The quantitative estimate of drug-likeness (QED) is 0.440. The maximum absolute atomic E-state index is 13.2. The smallest absolute Gasteiger partial charge is 0.227 e. The molecule has 0 saturated heterocycles. The lowest BCUT2D eigenvalue weighted by atomic mass is 10.1. The highest BCUT2D eigenvalue weighted by molar-refractivity contribution is 5.95. The second kappa shape index (κ2) is 9.88. The van der Waals surface area contributed by atoms with Crippen molar-refractivity contribution in [3.63, 3.8) is 0 Å². The third-order valence-electron chi connectivity index (χ3n) is 4.87. The Morgan fingerprint density at radius 2 is 1.96 bits per heavy atom. The number of hydrogen-bond donors (Lipinski definition) is 2. The molecule has 0 bridgehead atoms. The Kier molecular flexibility index (Phi) is 7.00. The van der Waals surface area contributed by atoms with Gasteiger partial charge in [0.2, 0.25) is 5.91 Å². The van der Waals surface area contributed by atoms with Crippen LogP contribution in [0.15, 0.2) is 53.5 Å². The lowest BCUT2D eigenvalue weighted by Crippen LogP contribution is -2.39. The SMILES string of the molecule is CN=C(NCCCC(=O)N1CCc2ccccc21)NCCc1cccc(F)c1. The Labute approximate surface area is 165 Å². The first-order chi connectivity index (χ1) is 13.7. The second-order valence-electron chi connectivity index (χ2n) is 6.83. The minimum absolute atomic E-state index is 0.167. The summed E-state index contributed by atoms with van der Waals surface area (Å²) in [7, 11) is 1.71. The Bertz CT molecular complexity index is 837.